The van der Waals surface area contributed by atoms with Crippen molar-refractivity contribution in [3.8, 4) is 0 Å². The zero-order chi connectivity index (χ0) is 27.2. The van der Waals surface area contributed by atoms with Crippen molar-refractivity contribution in [2.45, 2.75) is 0 Å². The molecule has 0 aliphatic rings. The molecule has 0 atom stereocenters. The molecule has 0 saturated carbocycles. The predicted octanol–water partition coefficient (Wildman–Crippen LogP) is 2.97. The van der Waals surface area contributed by atoms with Crippen LogP contribution >= 0.6 is 0 Å². The molecule has 0 heterocycles. The van der Waals surface area contributed by atoms with Gasteiger partial charge in [-0.1, -0.05) is 43.5 Å². The average molecular weight is 543 g/mol. The van der Waals surface area contributed by atoms with Gasteiger partial charge in [0, 0.05) is 5.56 Å². The van der Waals surface area contributed by atoms with Gasteiger partial charge < -0.3 is 47.4 Å². The lowest BCUT2D eigenvalue weighted by Crippen LogP contribution is -2.15. The second-order valence-electron chi connectivity index (χ2n) is 7.57. The molecule has 0 N–H and O–H groups in total. The molecular formula is C28H46O10. The number of benzene rings is 1. The second kappa shape index (κ2) is 28.0. The van der Waals surface area contributed by atoms with Gasteiger partial charge in [0.15, 0.2) is 0 Å². The van der Waals surface area contributed by atoms with E-state index in [1.807, 2.05) is 30.3 Å². The Kier molecular flexibility index (Phi) is 25.1. The van der Waals surface area contributed by atoms with Crippen molar-refractivity contribution in [3.05, 3.63) is 55.3 Å². The Hall–Kier alpha value is -2.02. The Balaban J connectivity index is 1.66. The van der Waals surface area contributed by atoms with Crippen LogP contribution in [0.4, 0.5) is 0 Å². The monoisotopic (exact) mass is 542 g/mol. The highest BCUT2D eigenvalue weighted by Gasteiger charge is 1.99. The zero-order valence-electron chi connectivity index (χ0n) is 22.7. The van der Waals surface area contributed by atoms with E-state index in [0.717, 1.165) is 5.56 Å². The minimum absolute atomic E-state index is 0.455. The van der Waals surface area contributed by atoms with Crippen molar-refractivity contribution in [2.75, 3.05) is 119 Å². The molecule has 0 fully saturated rings. The van der Waals surface area contributed by atoms with Crippen LogP contribution in [0, 0.1) is 0 Å². The maximum Gasteiger partial charge on any atom is 0.119 e. The molecule has 10 heteroatoms. The van der Waals surface area contributed by atoms with Crippen LogP contribution in [0.3, 0.4) is 0 Å². The van der Waals surface area contributed by atoms with Gasteiger partial charge in [-0.25, -0.2) is 0 Å². The summed E-state index contributed by atoms with van der Waals surface area (Å²) in [7, 11) is 0. The van der Waals surface area contributed by atoms with Crippen molar-refractivity contribution >= 4 is 5.76 Å². The largest absolute Gasteiger partial charge is 0.499 e. The Morgan fingerprint density at radius 3 is 1.13 bits per heavy atom. The molecule has 1 aromatic carbocycles. The number of rotatable bonds is 30. The third-order valence-electron chi connectivity index (χ3n) is 4.67. The molecule has 0 amide bonds. The molecule has 1 rings (SSSR count). The minimum Gasteiger partial charge on any atom is -0.499 e. The van der Waals surface area contributed by atoms with Crippen LogP contribution < -0.4 is 0 Å². The van der Waals surface area contributed by atoms with Crippen LogP contribution in [-0.4, -0.2) is 119 Å². The summed E-state index contributed by atoms with van der Waals surface area (Å²) in [5.74, 6) is 0.645. The number of ether oxygens (including phenoxy) is 10. The molecule has 38 heavy (non-hydrogen) atoms. The van der Waals surface area contributed by atoms with Crippen molar-refractivity contribution < 1.29 is 47.4 Å². The zero-order valence-corrected chi connectivity index (χ0v) is 22.7. The second-order valence-corrected chi connectivity index (χ2v) is 7.57. The average Bonchev–Trinajstić information content (AvgIpc) is 2.95. The third kappa shape index (κ3) is 23.1. The van der Waals surface area contributed by atoms with Gasteiger partial charge in [0.25, 0.3) is 0 Å². The van der Waals surface area contributed by atoms with Gasteiger partial charge in [0.05, 0.1) is 112 Å². The Morgan fingerprint density at radius 1 is 0.474 bits per heavy atom. The lowest BCUT2D eigenvalue weighted by Gasteiger charge is -2.10. The van der Waals surface area contributed by atoms with Gasteiger partial charge in [0.1, 0.15) is 19.0 Å². The van der Waals surface area contributed by atoms with Crippen molar-refractivity contribution in [1.82, 2.24) is 0 Å². The van der Waals surface area contributed by atoms with Gasteiger partial charge in [-0.2, -0.15) is 0 Å². The van der Waals surface area contributed by atoms with Crippen LogP contribution in [-0.2, 0) is 47.4 Å². The van der Waals surface area contributed by atoms with E-state index < -0.39 is 0 Å². The summed E-state index contributed by atoms with van der Waals surface area (Å²) >= 11 is 0. The van der Waals surface area contributed by atoms with E-state index in [4.69, 9.17) is 47.4 Å². The Morgan fingerprint density at radius 2 is 0.789 bits per heavy atom. The number of hydrogen-bond donors (Lipinski definition) is 0. The minimum atomic E-state index is 0.455. The molecule has 218 valence electrons. The van der Waals surface area contributed by atoms with E-state index in [2.05, 4.69) is 13.2 Å². The molecule has 0 radical (unpaired) electrons. The van der Waals surface area contributed by atoms with Crippen LogP contribution in [0.5, 0.6) is 0 Å². The first kappa shape index (κ1) is 34.0. The molecule has 0 aliphatic heterocycles. The molecule has 0 saturated heterocycles. The summed E-state index contributed by atoms with van der Waals surface area (Å²) < 4.78 is 54.0. The summed E-state index contributed by atoms with van der Waals surface area (Å²) in [5.41, 5.74) is 0.971. The Labute approximate surface area is 227 Å². The SMILES string of the molecule is C=COCCOCCOCCOCCOCCOCCOCCOCCOCCOC(=C)c1ccccc1. The van der Waals surface area contributed by atoms with Gasteiger partial charge in [0.2, 0.25) is 0 Å². The predicted molar refractivity (Wildman–Crippen MR) is 144 cm³/mol. The van der Waals surface area contributed by atoms with Crippen molar-refractivity contribution in [2.24, 2.45) is 0 Å². The summed E-state index contributed by atoms with van der Waals surface area (Å²) in [5, 5.41) is 0. The fourth-order valence-corrected chi connectivity index (χ4v) is 2.76. The van der Waals surface area contributed by atoms with E-state index in [-0.39, 0.29) is 0 Å². The van der Waals surface area contributed by atoms with E-state index in [9.17, 15) is 0 Å². The van der Waals surface area contributed by atoms with E-state index >= 15 is 0 Å². The molecule has 0 unspecified atom stereocenters. The maximum atomic E-state index is 5.57. The highest BCUT2D eigenvalue weighted by atomic mass is 16.6. The van der Waals surface area contributed by atoms with E-state index in [1.54, 1.807) is 0 Å². The summed E-state index contributed by atoms with van der Waals surface area (Å²) in [4.78, 5) is 0. The van der Waals surface area contributed by atoms with Crippen LogP contribution in [0.25, 0.3) is 5.76 Å². The third-order valence-corrected chi connectivity index (χ3v) is 4.67. The van der Waals surface area contributed by atoms with Gasteiger partial charge in [-0.3, -0.25) is 0 Å². The topological polar surface area (TPSA) is 92.3 Å². The lowest BCUT2D eigenvalue weighted by atomic mass is 10.2. The van der Waals surface area contributed by atoms with Crippen LogP contribution in [0.15, 0.2) is 49.8 Å². The molecule has 0 aliphatic carbocycles. The van der Waals surface area contributed by atoms with Crippen molar-refractivity contribution in [3.63, 3.8) is 0 Å². The van der Waals surface area contributed by atoms with Crippen molar-refractivity contribution in [1.29, 1.82) is 0 Å². The smallest absolute Gasteiger partial charge is 0.119 e. The van der Waals surface area contributed by atoms with Gasteiger partial charge >= 0.3 is 0 Å². The molecule has 0 aromatic heterocycles. The summed E-state index contributed by atoms with van der Waals surface area (Å²) in [6.07, 6.45) is 1.40. The molecule has 0 spiro atoms. The fraction of sp³-hybridized carbons (Fsp3) is 0.643. The van der Waals surface area contributed by atoms with E-state index in [0.29, 0.717) is 125 Å². The standard InChI is InChI=1S/C28H46O10/c1-3-29-9-10-30-11-12-31-13-14-32-15-16-33-17-18-34-19-20-35-21-22-36-23-24-37-25-26-38-27(2)28-7-5-4-6-8-28/h3-8H,1-2,9-26H2. The molecule has 0 bridgehead atoms. The first-order valence-electron chi connectivity index (χ1n) is 13.1. The first-order valence-corrected chi connectivity index (χ1v) is 13.1. The van der Waals surface area contributed by atoms with Crippen LogP contribution in [0.2, 0.25) is 0 Å². The quantitative estimate of drug-likeness (QED) is 0.107. The van der Waals surface area contributed by atoms with Gasteiger partial charge in [-0.05, 0) is 0 Å². The fourth-order valence-electron chi connectivity index (χ4n) is 2.76. The number of hydrogen-bond acceptors (Lipinski definition) is 10. The lowest BCUT2D eigenvalue weighted by molar-refractivity contribution is -0.0245. The summed E-state index contributed by atoms with van der Waals surface area (Å²) in [6, 6.07) is 9.78. The van der Waals surface area contributed by atoms with E-state index in [1.165, 1.54) is 6.26 Å². The summed E-state index contributed by atoms with van der Waals surface area (Å²) in [6.45, 7) is 16.6. The molecule has 10 nitrogen and oxygen atoms in total. The Bertz CT molecular complexity index is 644. The highest BCUT2D eigenvalue weighted by molar-refractivity contribution is 5.56. The van der Waals surface area contributed by atoms with Gasteiger partial charge in [-0.15, -0.1) is 0 Å². The van der Waals surface area contributed by atoms with Crippen LogP contribution in [0.1, 0.15) is 5.56 Å². The maximum absolute atomic E-state index is 5.57. The first-order chi connectivity index (χ1) is 18.8. The molecular weight excluding hydrogens is 496 g/mol. The molecule has 1 aromatic rings. The normalized spacial score (nSPS) is 10.9. The highest BCUT2D eigenvalue weighted by Crippen LogP contribution is 2.12.